The van der Waals surface area contributed by atoms with Gasteiger partial charge in [0.25, 0.3) is 0 Å². The van der Waals surface area contributed by atoms with E-state index in [2.05, 4.69) is 4.74 Å². The number of ether oxygens (including phenoxy) is 2. The maximum Gasteiger partial charge on any atom is 0.337 e. The van der Waals surface area contributed by atoms with Crippen molar-refractivity contribution in [3.8, 4) is 0 Å². The smallest absolute Gasteiger partial charge is 0.337 e. The molecule has 98 valence electrons. The van der Waals surface area contributed by atoms with Crippen molar-refractivity contribution in [1.82, 2.24) is 0 Å². The second kappa shape index (κ2) is 6.55. The van der Waals surface area contributed by atoms with Crippen molar-refractivity contribution in [2.75, 3.05) is 13.7 Å². The van der Waals surface area contributed by atoms with Crippen LogP contribution in [0.25, 0.3) is 0 Å². The Morgan fingerprint density at radius 3 is 2.50 bits per heavy atom. The maximum atomic E-state index is 11.3. The van der Waals surface area contributed by atoms with Crippen LogP contribution < -0.4 is 0 Å². The van der Waals surface area contributed by atoms with Gasteiger partial charge in [-0.25, -0.2) is 4.79 Å². The van der Waals surface area contributed by atoms with Gasteiger partial charge in [-0.3, -0.25) is 0 Å². The molecule has 0 radical (unpaired) electrons. The summed E-state index contributed by atoms with van der Waals surface area (Å²) in [5.74, 6) is -0.288. The molecule has 0 aliphatic heterocycles. The van der Waals surface area contributed by atoms with E-state index in [1.165, 1.54) is 38.4 Å². The zero-order chi connectivity index (χ0) is 12.8. The third-order valence-electron chi connectivity index (χ3n) is 3.42. The monoisotopic (exact) mass is 248 g/mol. The summed E-state index contributed by atoms with van der Waals surface area (Å²) in [6.07, 6.45) is 6.40. The number of rotatable bonds is 5. The summed E-state index contributed by atoms with van der Waals surface area (Å²) in [5.41, 5.74) is 1.79. The van der Waals surface area contributed by atoms with Crippen molar-refractivity contribution in [3.05, 3.63) is 35.4 Å². The Hall–Kier alpha value is -1.35. The van der Waals surface area contributed by atoms with E-state index in [4.69, 9.17) is 4.74 Å². The molecule has 1 aromatic carbocycles. The van der Waals surface area contributed by atoms with Crippen LogP contribution >= 0.6 is 0 Å². The molecule has 1 aliphatic carbocycles. The molecular formula is C15H20O3. The summed E-state index contributed by atoms with van der Waals surface area (Å²) in [5, 5.41) is 0. The molecule has 18 heavy (non-hydrogen) atoms. The van der Waals surface area contributed by atoms with Gasteiger partial charge in [0.2, 0.25) is 0 Å². The van der Waals surface area contributed by atoms with Crippen molar-refractivity contribution >= 4 is 5.97 Å². The molecule has 0 saturated heterocycles. The van der Waals surface area contributed by atoms with Crippen LogP contribution in [0.5, 0.6) is 0 Å². The third-order valence-corrected chi connectivity index (χ3v) is 3.42. The predicted molar refractivity (Wildman–Crippen MR) is 69.7 cm³/mol. The fraction of sp³-hybridized carbons (Fsp3) is 0.533. The molecule has 1 saturated carbocycles. The Morgan fingerprint density at radius 1 is 1.22 bits per heavy atom. The standard InChI is InChI=1S/C15H20O3/c1-17-15(16)13-8-6-12(7-9-13)10-11-18-14-4-2-3-5-14/h6-9,14H,2-5,10-11H2,1H3. The Bertz CT molecular complexity index is 377. The Labute approximate surface area is 108 Å². The minimum Gasteiger partial charge on any atom is -0.465 e. The first kappa shape index (κ1) is 13.1. The number of esters is 1. The molecule has 1 aliphatic rings. The van der Waals surface area contributed by atoms with Crippen molar-refractivity contribution in [2.45, 2.75) is 38.2 Å². The van der Waals surface area contributed by atoms with Crippen LogP contribution in [0, 0.1) is 0 Å². The zero-order valence-electron chi connectivity index (χ0n) is 10.9. The molecule has 0 spiro atoms. The normalized spacial score (nSPS) is 15.8. The molecule has 0 amide bonds. The SMILES string of the molecule is COC(=O)c1ccc(CCOC2CCCC2)cc1. The number of carbonyl (C=O) groups is 1. The summed E-state index contributed by atoms with van der Waals surface area (Å²) >= 11 is 0. The van der Waals surface area contributed by atoms with Gasteiger partial charge in [-0.15, -0.1) is 0 Å². The zero-order valence-corrected chi connectivity index (χ0v) is 10.9. The van der Waals surface area contributed by atoms with Crippen LogP contribution in [0.2, 0.25) is 0 Å². The van der Waals surface area contributed by atoms with E-state index in [9.17, 15) is 4.79 Å². The van der Waals surface area contributed by atoms with Crippen LogP contribution in [-0.4, -0.2) is 25.8 Å². The predicted octanol–water partition coefficient (Wildman–Crippen LogP) is 2.97. The second-order valence-electron chi connectivity index (χ2n) is 4.72. The molecule has 0 bridgehead atoms. The van der Waals surface area contributed by atoms with Gasteiger partial charge in [0.1, 0.15) is 0 Å². The molecule has 0 aromatic heterocycles. The molecular weight excluding hydrogens is 228 g/mol. The summed E-state index contributed by atoms with van der Waals surface area (Å²) in [7, 11) is 1.39. The highest BCUT2D eigenvalue weighted by molar-refractivity contribution is 5.89. The largest absolute Gasteiger partial charge is 0.465 e. The van der Waals surface area contributed by atoms with Gasteiger partial charge >= 0.3 is 5.97 Å². The molecule has 0 N–H and O–H groups in total. The minimum atomic E-state index is -0.288. The fourth-order valence-electron chi connectivity index (χ4n) is 2.32. The quantitative estimate of drug-likeness (QED) is 0.751. The summed E-state index contributed by atoms with van der Waals surface area (Å²) in [4.78, 5) is 11.3. The average Bonchev–Trinajstić information content (AvgIpc) is 2.92. The van der Waals surface area contributed by atoms with E-state index in [0.29, 0.717) is 11.7 Å². The number of methoxy groups -OCH3 is 1. The highest BCUT2D eigenvalue weighted by Gasteiger charge is 2.14. The number of hydrogen-bond acceptors (Lipinski definition) is 3. The lowest BCUT2D eigenvalue weighted by Gasteiger charge is -2.10. The third kappa shape index (κ3) is 3.57. The molecule has 0 heterocycles. The highest BCUT2D eigenvalue weighted by Crippen LogP contribution is 2.21. The first-order chi connectivity index (χ1) is 8.79. The van der Waals surface area contributed by atoms with E-state index in [1.807, 2.05) is 12.1 Å². The first-order valence-electron chi connectivity index (χ1n) is 6.58. The van der Waals surface area contributed by atoms with Crippen LogP contribution in [0.4, 0.5) is 0 Å². The Morgan fingerprint density at radius 2 is 1.89 bits per heavy atom. The van der Waals surface area contributed by atoms with Crippen molar-refractivity contribution in [1.29, 1.82) is 0 Å². The summed E-state index contributed by atoms with van der Waals surface area (Å²) < 4.78 is 10.5. The molecule has 3 nitrogen and oxygen atoms in total. The average molecular weight is 248 g/mol. The number of hydrogen-bond donors (Lipinski definition) is 0. The van der Waals surface area contributed by atoms with Crippen LogP contribution in [0.1, 0.15) is 41.6 Å². The van der Waals surface area contributed by atoms with Gasteiger partial charge in [-0.2, -0.15) is 0 Å². The molecule has 2 rings (SSSR count). The number of benzene rings is 1. The van der Waals surface area contributed by atoms with Crippen LogP contribution in [-0.2, 0) is 15.9 Å². The Balaban J connectivity index is 1.77. The molecule has 1 aromatic rings. The lowest BCUT2D eigenvalue weighted by Crippen LogP contribution is -2.10. The van der Waals surface area contributed by atoms with Crippen LogP contribution in [0.15, 0.2) is 24.3 Å². The fourth-order valence-corrected chi connectivity index (χ4v) is 2.32. The second-order valence-corrected chi connectivity index (χ2v) is 4.72. The van der Waals surface area contributed by atoms with Gasteiger partial charge in [-0.05, 0) is 37.0 Å². The molecule has 0 atom stereocenters. The summed E-state index contributed by atoms with van der Waals surface area (Å²) in [6.45, 7) is 0.766. The van der Waals surface area contributed by atoms with E-state index in [-0.39, 0.29) is 5.97 Å². The first-order valence-corrected chi connectivity index (χ1v) is 6.58. The van der Waals surface area contributed by atoms with Gasteiger partial charge in [0.05, 0.1) is 25.4 Å². The topological polar surface area (TPSA) is 35.5 Å². The lowest BCUT2D eigenvalue weighted by atomic mass is 10.1. The molecule has 1 fully saturated rings. The van der Waals surface area contributed by atoms with E-state index in [1.54, 1.807) is 12.1 Å². The molecule has 3 heteroatoms. The van der Waals surface area contributed by atoms with E-state index < -0.39 is 0 Å². The van der Waals surface area contributed by atoms with Gasteiger partial charge in [0, 0.05) is 0 Å². The van der Waals surface area contributed by atoms with Gasteiger partial charge in [0.15, 0.2) is 0 Å². The lowest BCUT2D eigenvalue weighted by molar-refractivity contribution is 0.0600. The maximum absolute atomic E-state index is 11.3. The number of carbonyl (C=O) groups excluding carboxylic acids is 1. The highest BCUT2D eigenvalue weighted by atomic mass is 16.5. The molecule has 0 unspecified atom stereocenters. The van der Waals surface area contributed by atoms with E-state index >= 15 is 0 Å². The minimum absolute atomic E-state index is 0.288. The van der Waals surface area contributed by atoms with Gasteiger partial charge in [-0.1, -0.05) is 25.0 Å². The van der Waals surface area contributed by atoms with Crippen molar-refractivity contribution < 1.29 is 14.3 Å². The van der Waals surface area contributed by atoms with Gasteiger partial charge < -0.3 is 9.47 Å². The van der Waals surface area contributed by atoms with Crippen LogP contribution in [0.3, 0.4) is 0 Å². The van der Waals surface area contributed by atoms with Crippen molar-refractivity contribution in [2.24, 2.45) is 0 Å². The van der Waals surface area contributed by atoms with Crippen molar-refractivity contribution in [3.63, 3.8) is 0 Å². The Kier molecular flexibility index (Phi) is 4.76. The summed E-state index contributed by atoms with van der Waals surface area (Å²) in [6, 6.07) is 7.53. The van der Waals surface area contributed by atoms with E-state index in [0.717, 1.165) is 13.0 Å².